The van der Waals surface area contributed by atoms with Crippen LogP contribution in [-0.4, -0.2) is 6.04 Å². The van der Waals surface area contributed by atoms with Crippen molar-refractivity contribution in [3.63, 3.8) is 0 Å². The zero-order valence-corrected chi connectivity index (χ0v) is 13.0. The molecule has 0 unspecified atom stereocenters. The van der Waals surface area contributed by atoms with Crippen molar-refractivity contribution < 1.29 is 0 Å². The highest BCUT2D eigenvalue weighted by molar-refractivity contribution is 7.07. The molecule has 0 aromatic carbocycles. The molecule has 2 rings (SSSR count). The summed E-state index contributed by atoms with van der Waals surface area (Å²) in [6.07, 6.45) is 15.8. The minimum absolute atomic E-state index is 0.749. The molecule has 1 fully saturated rings. The normalized spacial score (nSPS) is 20.6. The Morgan fingerprint density at radius 1 is 0.895 bits per heavy atom. The van der Waals surface area contributed by atoms with Gasteiger partial charge in [-0.1, -0.05) is 57.8 Å². The van der Waals surface area contributed by atoms with Gasteiger partial charge in [0, 0.05) is 12.6 Å². The van der Waals surface area contributed by atoms with Crippen molar-refractivity contribution in [1.29, 1.82) is 0 Å². The van der Waals surface area contributed by atoms with E-state index in [1.54, 1.807) is 11.3 Å². The molecule has 0 atom stereocenters. The van der Waals surface area contributed by atoms with Gasteiger partial charge in [0.1, 0.15) is 0 Å². The van der Waals surface area contributed by atoms with Crippen LogP contribution in [0.5, 0.6) is 0 Å². The Hall–Kier alpha value is -0.340. The van der Waals surface area contributed by atoms with Crippen LogP contribution in [0.15, 0.2) is 16.8 Å². The largest absolute Gasteiger partial charge is 0.310 e. The first-order valence-corrected chi connectivity index (χ1v) is 9.14. The Kier molecular flexibility index (Phi) is 7.56. The van der Waals surface area contributed by atoms with E-state index in [0.717, 1.165) is 12.6 Å². The minimum atomic E-state index is 0.749. The number of rotatable bonds is 3. The Morgan fingerprint density at radius 3 is 2.00 bits per heavy atom. The van der Waals surface area contributed by atoms with Gasteiger partial charge in [-0.05, 0) is 35.2 Å². The summed E-state index contributed by atoms with van der Waals surface area (Å²) in [6, 6.07) is 2.99. The van der Waals surface area contributed by atoms with Crippen LogP contribution in [0.2, 0.25) is 0 Å². The highest BCUT2D eigenvalue weighted by Crippen LogP contribution is 2.17. The van der Waals surface area contributed by atoms with Gasteiger partial charge < -0.3 is 5.32 Å². The fraction of sp³-hybridized carbons (Fsp3) is 0.765. The maximum absolute atomic E-state index is 3.78. The van der Waals surface area contributed by atoms with E-state index in [-0.39, 0.29) is 0 Å². The van der Waals surface area contributed by atoms with E-state index in [0.29, 0.717) is 0 Å². The molecule has 1 N–H and O–H groups in total. The molecule has 0 bridgehead atoms. The summed E-state index contributed by atoms with van der Waals surface area (Å²) in [5.41, 5.74) is 1.45. The van der Waals surface area contributed by atoms with Crippen molar-refractivity contribution >= 4 is 11.3 Å². The highest BCUT2D eigenvalue weighted by atomic mass is 32.1. The third kappa shape index (κ3) is 6.58. The summed E-state index contributed by atoms with van der Waals surface area (Å²) in [5, 5.41) is 8.23. The molecular weight excluding hydrogens is 250 g/mol. The lowest BCUT2D eigenvalue weighted by Gasteiger charge is -2.19. The lowest BCUT2D eigenvalue weighted by atomic mass is 9.98. The highest BCUT2D eigenvalue weighted by Gasteiger charge is 2.09. The van der Waals surface area contributed by atoms with Gasteiger partial charge in [-0.2, -0.15) is 11.3 Å². The number of thiophene rings is 1. The molecule has 0 amide bonds. The fourth-order valence-corrected chi connectivity index (χ4v) is 3.69. The van der Waals surface area contributed by atoms with Gasteiger partial charge >= 0.3 is 0 Å². The van der Waals surface area contributed by atoms with Crippen LogP contribution in [0.25, 0.3) is 0 Å². The molecule has 1 saturated carbocycles. The van der Waals surface area contributed by atoms with Crippen LogP contribution in [0.1, 0.15) is 76.2 Å². The first-order valence-electron chi connectivity index (χ1n) is 8.19. The molecule has 0 saturated heterocycles. The first-order chi connectivity index (χ1) is 9.45. The Labute approximate surface area is 122 Å². The molecule has 19 heavy (non-hydrogen) atoms. The van der Waals surface area contributed by atoms with Crippen molar-refractivity contribution in [2.75, 3.05) is 0 Å². The molecule has 1 aliphatic rings. The monoisotopic (exact) mass is 279 g/mol. The first kappa shape index (κ1) is 15.1. The lowest BCUT2D eigenvalue weighted by Crippen LogP contribution is -2.28. The van der Waals surface area contributed by atoms with Gasteiger partial charge in [-0.3, -0.25) is 0 Å². The molecule has 0 radical (unpaired) electrons. The summed E-state index contributed by atoms with van der Waals surface area (Å²) in [7, 11) is 0. The second-order valence-corrected chi connectivity index (χ2v) is 6.75. The van der Waals surface area contributed by atoms with E-state index in [4.69, 9.17) is 0 Å². The van der Waals surface area contributed by atoms with Crippen LogP contribution in [0.4, 0.5) is 0 Å². The van der Waals surface area contributed by atoms with E-state index in [9.17, 15) is 0 Å². The summed E-state index contributed by atoms with van der Waals surface area (Å²) < 4.78 is 0. The van der Waals surface area contributed by atoms with Gasteiger partial charge in [0.15, 0.2) is 0 Å². The Balaban J connectivity index is 1.71. The van der Waals surface area contributed by atoms with Crippen molar-refractivity contribution in [2.24, 2.45) is 0 Å². The van der Waals surface area contributed by atoms with Crippen molar-refractivity contribution in [3.05, 3.63) is 22.4 Å². The Morgan fingerprint density at radius 2 is 1.47 bits per heavy atom. The van der Waals surface area contributed by atoms with Crippen molar-refractivity contribution in [1.82, 2.24) is 5.32 Å². The smallest absolute Gasteiger partial charge is 0.0216 e. The fourth-order valence-electron chi connectivity index (χ4n) is 3.02. The van der Waals surface area contributed by atoms with Crippen LogP contribution in [0, 0.1) is 0 Å². The molecule has 1 heterocycles. The SMILES string of the molecule is c1cc(CNC2CCCCCCCCCCC2)cs1. The molecule has 1 nitrogen and oxygen atoms in total. The molecule has 1 aliphatic carbocycles. The lowest BCUT2D eigenvalue weighted by molar-refractivity contribution is 0.403. The summed E-state index contributed by atoms with van der Waals surface area (Å²) >= 11 is 1.80. The average Bonchev–Trinajstić information content (AvgIpc) is 2.91. The maximum Gasteiger partial charge on any atom is 0.0216 e. The van der Waals surface area contributed by atoms with Gasteiger partial charge in [-0.15, -0.1) is 0 Å². The zero-order valence-electron chi connectivity index (χ0n) is 12.2. The number of hydrogen-bond acceptors (Lipinski definition) is 2. The van der Waals surface area contributed by atoms with Crippen molar-refractivity contribution in [3.8, 4) is 0 Å². The summed E-state index contributed by atoms with van der Waals surface area (Å²) in [5.74, 6) is 0. The van der Waals surface area contributed by atoms with Gasteiger partial charge in [0.2, 0.25) is 0 Å². The second kappa shape index (κ2) is 9.55. The Bertz CT molecular complexity index is 295. The predicted octanol–water partition coefficient (Wildman–Crippen LogP) is 5.51. The van der Waals surface area contributed by atoms with E-state index in [1.807, 2.05) is 0 Å². The van der Waals surface area contributed by atoms with Crippen molar-refractivity contribution in [2.45, 2.75) is 83.2 Å². The number of nitrogens with one attached hydrogen (secondary N) is 1. The van der Waals surface area contributed by atoms with Crippen LogP contribution < -0.4 is 5.32 Å². The standard InChI is InChI=1S/C17H29NS/c1-2-4-6-8-10-17(11-9-7-5-3-1)18-14-16-12-13-19-15-16/h12-13,15,17-18H,1-11,14H2. The summed E-state index contributed by atoms with van der Waals surface area (Å²) in [6.45, 7) is 1.06. The van der Waals surface area contributed by atoms with E-state index >= 15 is 0 Å². The van der Waals surface area contributed by atoms with Crippen LogP contribution in [-0.2, 0) is 6.54 Å². The third-order valence-electron chi connectivity index (χ3n) is 4.28. The molecule has 2 heteroatoms. The van der Waals surface area contributed by atoms with Gasteiger partial charge in [0.25, 0.3) is 0 Å². The van der Waals surface area contributed by atoms with Crippen LogP contribution in [0.3, 0.4) is 0 Å². The molecule has 0 spiro atoms. The van der Waals surface area contributed by atoms with Gasteiger partial charge in [0.05, 0.1) is 0 Å². The molecule has 108 valence electrons. The maximum atomic E-state index is 3.78. The zero-order chi connectivity index (χ0) is 13.2. The predicted molar refractivity (Wildman–Crippen MR) is 85.7 cm³/mol. The van der Waals surface area contributed by atoms with Crippen LogP contribution >= 0.6 is 11.3 Å². The van der Waals surface area contributed by atoms with E-state index < -0.39 is 0 Å². The van der Waals surface area contributed by atoms with E-state index in [2.05, 4.69) is 22.1 Å². The third-order valence-corrected chi connectivity index (χ3v) is 5.01. The average molecular weight is 279 g/mol. The molecular formula is C17H29NS. The second-order valence-electron chi connectivity index (χ2n) is 5.97. The quantitative estimate of drug-likeness (QED) is 0.769. The molecule has 1 aromatic rings. The molecule has 0 aliphatic heterocycles. The number of hydrogen-bond donors (Lipinski definition) is 1. The van der Waals surface area contributed by atoms with Gasteiger partial charge in [-0.25, -0.2) is 0 Å². The topological polar surface area (TPSA) is 12.0 Å². The van der Waals surface area contributed by atoms with E-state index in [1.165, 1.54) is 76.2 Å². The minimum Gasteiger partial charge on any atom is -0.310 e. The molecule has 1 aromatic heterocycles. The summed E-state index contributed by atoms with van der Waals surface area (Å²) in [4.78, 5) is 0.